The van der Waals surface area contributed by atoms with Gasteiger partial charge in [-0.2, -0.15) is 4.98 Å². The molecule has 5 rings (SSSR count). The largest absolute Gasteiger partial charge is 1.00 e. The molecule has 39 heavy (non-hydrogen) atoms. The number of carboxylic acid groups (broad SMARTS) is 1. The van der Waals surface area contributed by atoms with Crippen LogP contribution in [0.15, 0.2) is 42.6 Å². The summed E-state index contributed by atoms with van der Waals surface area (Å²) in [4.78, 5) is 64.1. The number of hydrogen-bond donors (Lipinski definition) is 4. The zero-order valence-electron chi connectivity index (χ0n) is 21.0. The fourth-order valence-electron chi connectivity index (χ4n) is 4.57. The van der Waals surface area contributed by atoms with Crippen LogP contribution in [0, 0.1) is 0 Å². The Hall–Kier alpha value is -2.82. The van der Waals surface area contributed by atoms with E-state index in [0.29, 0.717) is 0 Å². The summed E-state index contributed by atoms with van der Waals surface area (Å²) in [5.74, 6) is -4.44. The van der Waals surface area contributed by atoms with Gasteiger partial charge in [-0.05, 0) is 43.7 Å². The van der Waals surface area contributed by atoms with Crippen LogP contribution in [0.4, 0.5) is 0 Å². The summed E-state index contributed by atoms with van der Waals surface area (Å²) in [6.07, 6.45) is 1.45. The van der Waals surface area contributed by atoms with E-state index in [1.54, 1.807) is 26.0 Å². The first-order chi connectivity index (χ1) is 18.0. The van der Waals surface area contributed by atoms with Gasteiger partial charge in [-0.1, -0.05) is 12.1 Å². The first-order valence-corrected chi connectivity index (χ1v) is 12.3. The minimum atomic E-state index is -1.39. The third kappa shape index (κ3) is 5.34. The SMILES string of the molecule is CC1(C)S[C@@H]2[C@H](NC(=O)C(NC(=O)c3nc4cccnc4nc3O)c3ccc(O)cc3)C(=O)N2[C@H]1C(=O)[O-].[K+]. The van der Waals surface area contributed by atoms with Gasteiger partial charge in [0.1, 0.15) is 28.7 Å². The van der Waals surface area contributed by atoms with Gasteiger partial charge in [0.05, 0.1) is 12.0 Å². The van der Waals surface area contributed by atoms with Gasteiger partial charge < -0.3 is 35.6 Å². The number of fused-ring (bicyclic) bond motifs is 2. The molecule has 4 N–H and O–H groups in total. The van der Waals surface area contributed by atoms with Crippen LogP contribution in [0.2, 0.25) is 0 Å². The van der Waals surface area contributed by atoms with Crippen molar-refractivity contribution in [2.45, 2.75) is 42.1 Å². The van der Waals surface area contributed by atoms with Gasteiger partial charge in [0.25, 0.3) is 5.91 Å². The molecule has 13 nitrogen and oxygen atoms in total. The summed E-state index contributed by atoms with van der Waals surface area (Å²) in [6.45, 7) is 3.35. The number of hydrogen-bond acceptors (Lipinski definition) is 11. The molecule has 2 fully saturated rings. The number of nitrogens with one attached hydrogen (secondary N) is 2. The first-order valence-electron chi connectivity index (χ1n) is 11.4. The Morgan fingerprint density at radius 1 is 1.13 bits per heavy atom. The van der Waals surface area contributed by atoms with Crippen LogP contribution >= 0.6 is 11.8 Å². The Bertz CT molecular complexity index is 1490. The number of rotatable bonds is 6. The summed E-state index contributed by atoms with van der Waals surface area (Å²) < 4.78 is -0.843. The Balaban J connectivity index is 0.00000353. The van der Waals surface area contributed by atoms with Crippen LogP contribution in [-0.2, 0) is 14.4 Å². The minimum absolute atomic E-state index is 0. The van der Waals surface area contributed by atoms with Crippen LogP contribution in [0.25, 0.3) is 11.2 Å². The average Bonchev–Trinajstić information content (AvgIpc) is 3.13. The van der Waals surface area contributed by atoms with E-state index in [4.69, 9.17) is 0 Å². The van der Waals surface area contributed by atoms with E-state index >= 15 is 0 Å². The van der Waals surface area contributed by atoms with E-state index in [-0.39, 0.29) is 73.9 Å². The average molecular weight is 577 g/mol. The number of carboxylic acids is 1. The molecule has 0 saturated carbocycles. The van der Waals surface area contributed by atoms with Crippen LogP contribution in [0.1, 0.15) is 35.9 Å². The molecule has 3 aromatic rings. The molecule has 2 aliphatic rings. The topological polar surface area (TPSA) is 198 Å². The minimum Gasteiger partial charge on any atom is -0.548 e. The smallest absolute Gasteiger partial charge is 0.548 e. The monoisotopic (exact) mass is 576 g/mol. The van der Waals surface area contributed by atoms with Crippen LogP contribution in [-0.4, -0.2) is 76.0 Å². The van der Waals surface area contributed by atoms with Crippen molar-refractivity contribution in [2.24, 2.45) is 0 Å². The second kappa shape index (κ2) is 11.0. The number of pyridine rings is 1. The third-order valence-corrected chi connectivity index (χ3v) is 7.93. The van der Waals surface area contributed by atoms with Crippen molar-refractivity contribution >= 4 is 46.6 Å². The number of aromatic hydroxyl groups is 2. The number of thioether (sulfide) groups is 1. The number of nitrogens with zero attached hydrogens (tertiary/aromatic N) is 4. The van der Waals surface area contributed by atoms with Gasteiger partial charge in [0.2, 0.25) is 17.7 Å². The number of aliphatic carboxylic acids is 1. The predicted octanol–water partition coefficient (Wildman–Crippen LogP) is -3.79. The molecule has 1 unspecified atom stereocenters. The molecule has 2 aromatic heterocycles. The van der Waals surface area contributed by atoms with E-state index in [1.165, 1.54) is 47.1 Å². The fraction of sp³-hybridized carbons (Fsp3) is 0.292. The summed E-state index contributed by atoms with van der Waals surface area (Å²) >= 11 is 1.22. The maximum atomic E-state index is 13.4. The number of β-lactam (4-membered cyclic amide) rings is 1. The van der Waals surface area contributed by atoms with Crippen molar-refractivity contribution in [2.75, 3.05) is 0 Å². The van der Waals surface area contributed by atoms with Gasteiger partial charge in [-0.25, -0.2) is 9.97 Å². The summed E-state index contributed by atoms with van der Waals surface area (Å²) in [5.41, 5.74) is 0.177. The number of carbonyl (C=O) groups excluding carboxylic acids is 4. The Morgan fingerprint density at radius 3 is 2.49 bits per heavy atom. The first kappa shape index (κ1) is 29.2. The number of phenols is 1. The molecule has 3 amide bonds. The van der Waals surface area contributed by atoms with Crippen molar-refractivity contribution in [3.05, 3.63) is 53.9 Å². The standard InChI is InChI=1S/C24H22N6O7S.K/c1-24(2)16(23(36)37)30-21(35)15(22(30)38-24)28-18(32)13(10-5-7-11(31)8-6-10)27-19(33)14-20(34)29-17-12(26-14)4-3-9-25-17;/h3-9,13,15-16,22,31H,1-2H3,(H,27,33)(H,28,32)(H,36,37)(H,25,29,34);/q;+1/p-1/t13?,15-,16+,22-;/m1./s1. The normalized spacial score (nSPS) is 21.7. The van der Waals surface area contributed by atoms with E-state index < -0.39 is 63.5 Å². The molecular formula is C24H21KN6O7S. The van der Waals surface area contributed by atoms with Crippen molar-refractivity contribution in [1.29, 1.82) is 0 Å². The molecule has 0 aliphatic carbocycles. The summed E-state index contributed by atoms with van der Waals surface area (Å²) in [5, 5.41) is 36.1. The van der Waals surface area contributed by atoms with Crippen LogP contribution in [0.5, 0.6) is 11.6 Å². The van der Waals surface area contributed by atoms with Gasteiger partial charge in [-0.3, -0.25) is 14.4 Å². The molecule has 0 bridgehead atoms. The fourth-order valence-corrected chi connectivity index (χ4v) is 6.19. The van der Waals surface area contributed by atoms with E-state index in [9.17, 15) is 34.5 Å². The number of carbonyl (C=O) groups is 4. The maximum absolute atomic E-state index is 13.4. The van der Waals surface area contributed by atoms with Gasteiger partial charge >= 0.3 is 51.4 Å². The Labute approximate surface area is 268 Å². The van der Waals surface area contributed by atoms with Crippen molar-refractivity contribution < 1.29 is 85.9 Å². The third-order valence-electron chi connectivity index (χ3n) is 6.36. The van der Waals surface area contributed by atoms with Crippen molar-refractivity contribution in [3.8, 4) is 11.6 Å². The van der Waals surface area contributed by atoms with E-state index in [2.05, 4.69) is 25.6 Å². The molecule has 0 radical (unpaired) electrons. The zero-order chi connectivity index (χ0) is 27.4. The Morgan fingerprint density at radius 2 is 1.82 bits per heavy atom. The number of amides is 3. The number of benzene rings is 1. The molecule has 15 heteroatoms. The van der Waals surface area contributed by atoms with Gasteiger partial charge in [0.15, 0.2) is 11.3 Å². The molecule has 4 heterocycles. The quantitative estimate of drug-likeness (QED) is 0.166. The molecule has 2 saturated heterocycles. The molecule has 2 aliphatic heterocycles. The van der Waals surface area contributed by atoms with E-state index in [1.807, 2.05) is 0 Å². The van der Waals surface area contributed by atoms with Gasteiger partial charge in [-0.15, -0.1) is 11.8 Å². The van der Waals surface area contributed by atoms with Gasteiger partial charge in [0, 0.05) is 10.9 Å². The molecule has 0 spiro atoms. The molecular weight excluding hydrogens is 555 g/mol. The number of aromatic nitrogens is 3. The van der Waals surface area contributed by atoms with Crippen LogP contribution < -0.4 is 67.1 Å². The van der Waals surface area contributed by atoms with E-state index in [0.717, 1.165) is 0 Å². The zero-order valence-corrected chi connectivity index (χ0v) is 24.9. The van der Waals surface area contributed by atoms with Crippen molar-refractivity contribution in [3.63, 3.8) is 0 Å². The summed E-state index contributed by atoms with van der Waals surface area (Å²) in [6, 6.07) is 5.01. The predicted molar refractivity (Wildman–Crippen MR) is 130 cm³/mol. The second-order valence-electron chi connectivity index (χ2n) is 9.31. The molecule has 196 valence electrons. The number of phenolic OH excluding ortho intramolecular Hbond substituents is 1. The van der Waals surface area contributed by atoms with Crippen LogP contribution in [0.3, 0.4) is 0 Å². The Kier molecular flexibility index (Phi) is 8.21. The second-order valence-corrected chi connectivity index (χ2v) is 11.1. The maximum Gasteiger partial charge on any atom is 1.00 e. The van der Waals surface area contributed by atoms with Crippen molar-refractivity contribution in [1.82, 2.24) is 30.5 Å². The molecule has 1 aromatic carbocycles. The molecule has 4 atom stereocenters. The summed E-state index contributed by atoms with van der Waals surface area (Å²) in [7, 11) is 0.